The average molecular weight is 339 g/mol. The molecule has 0 saturated heterocycles. The van der Waals surface area contributed by atoms with Gasteiger partial charge in [-0.25, -0.2) is 0 Å². The zero-order chi connectivity index (χ0) is 18.0. The molecule has 0 saturated carbocycles. The molecule has 0 amide bonds. The van der Waals surface area contributed by atoms with E-state index < -0.39 is 0 Å². The van der Waals surface area contributed by atoms with E-state index in [4.69, 9.17) is 0 Å². The molecule has 0 aliphatic carbocycles. The molecule has 4 rings (SSSR count). The van der Waals surface area contributed by atoms with Crippen molar-refractivity contribution in [3.63, 3.8) is 0 Å². The van der Waals surface area contributed by atoms with Gasteiger partial charge in [0, 0.05) is 16.3 Å². The second-order valence-electron chi connectivity index (χ2n) is 6.92. The summed E-state index contributed by atoms with van der Waals surface area (Å²) in [6.07, 6.45) is 0. The molecule has 1 heterocycles. The molecule has 4 aromatic rings. The molecule has 0 unspecified atom stereocenters. The van der Waals surface area contributed by atoms with Crippen LogP contribution in [-0.2, 0) is 5.54 Å². The van der Waals surface area contributed by atoms with Gasteiger partial charge in [0.2, 0.25) is 0 Å². The van der Waals surface area contributed by atoms with Gasteiger partial charge in [-0.1, -0.05) is 84.9 Å². The summed E-state index contributed by atoms with van der Waals surface area (Å²) in [5, 5.41) is 14.8. The molecule has 128 valence electrons. The van der Waals surface area contributed by atoms with Gasteiger partial charge in [0.1, 0.15) is 5.69 Å². The smallest absolute Gasteiger partial charge is 0.157 e. The van der Waals surface area contributed by atoms with E-state index in [1.165, 1.54) is 5.56 Å². The first-order chi connectivity index (χ1) is 12.6. The molecule has 3 aromatic carbocycles. The van der Waals surface area contributed by atoms with Gasteiger partial charge in [-0.05, 0) is 19.4 Å². The average Bonchev–Trinajstić information content (AvgIpc) is 2.69. The fourth-order valence-electron chi connectivity index (χ4n) is 3.23. The van der Waals surface area contributed by atoms with E-state index >= 15 is 0 Å². The zero-order valence-electron chi connectivity index (χ0n) is 15.0. The summed E-state index contributed by atoms with van der Waals surface area (Å²) < 4.78 is 0. The summed E-state index contributed by atoms with van der Waals surface area (Å²) >= 11 is 0. The minimum Gasteiger partial charge on any atom is -0.359 e. The Kier molecular flexibility index (Phi) is 4.13. The maximum absolute atomic E-state index is 4.54. The number of hydrogen-bond donors (Lipinski definition) is 1. The lowest BCUT2D eigenvalue weighted by Crippen LogP contribution is -2.28. The molecule has 0 aliphatic rings. The third-order valence-corrected chi connectivity index (χ3v) is 4.66. The summed E-state index contributed by atoms with van der Waals surface area (Å²) in [6, 6.07) is 28.9. The molecular formula is C23H21N3. The Morgan fingerprint density at radius 2 is 1.23 bits per heavy atom. The van der Waals surface area contributed by atoms with Crippen molar-refractivity contribution in [3.8, 4) is 11.3 Å². The third kappa shape index (κ3) is 3.04. The minimum atomic E-state index is -0.257. The molecule has 0 aliphatic heterocycles. The van der Waals surface area contributed by atoms with Gasteiger partial charge in [-0.2, -0.15) is 0 Å². The first-order valence-corrected chi connectivity index (χ1v) is 8.80. The fraction of sp³-hybridized carbons (Fsp3) is 0.130. The van der Waals surface area contributed by atoms with Gasteiger partial charge >= 0.3 is 0 Å². The Morgan fingerprint density at radius 1 is 0.654 bits per heavy atom. The lowest BCUT2D eigenvalue weighted by molar-refractivity contribution is 0.605. The molecule has 0 radical (unpaired) electrons. The van der Waals surface area contributed by atoms with Crippen molar-refractivity contribution in [1.29, 1.82) is 0 Å². The van der Waals surface area contributed by atoms with Crippen molar-refractivity contribution in [2.45, 2.75) is 19.4 Å². The number of hydrogen-bond acceptors (Lipinski definition) is 3. The second-order valence-corrected chi connectivity index (χ2v) is 6.92. The highest BCUT2D eigenvalue weighted by atomic mass is 15.2. The van der Waals surface area contributed by atoms with Gasteiger partial charge in [0.05, 0.1) is 5.54 Å². The zero-order valence-corrected chi connectivity index (χ0v) is 15.0. The number of anilines is 1. The maximum Gasteiger partial charge on any atom is 0.157 e. The van der Waals surface area contributed by atoms with Gasteiger partial charge in [0.15, 0.2) is 5.82 Å². The highest BCUT2D eigenvalue weighted by molar-refractivity contribution is 6.00. The largest absolute Gasteiger partial charge is 0.359 e. The van der Waals surface area contributed by atoms with Gasteiger partial charge < -0.3 is 5.32 Å². The number of aromatic nitrogens is 2. The number of nitrogens with one attached hydrogen (secondary N) is 1. The van der Waals surface area contributed by atoms with Crippen molar-refractivity contribution < 1.29 is 0 Å². The van der Waals surface area contributed by atoms with Crippen LogP contribution < -0.4 is 5.32 Å². The minimum absolute atomic E-state index is 0.257. The Morgan fingerprint density at radius 3 is 1.92 bits per heavy atom. The molecular weight excluding hydrogens is 318 g/mol. The Hall–Kier alpha value is -3.20. The van der Waals surface area contributed by atoms with Gasteiger partial charge in [-0.3, -0.25) is 0 Å². The third-order valence-electron chi connectivity index (χ3n) is 4.66. The van der Waals surface area contributed by atoms with Gasteiger partial charge in [0.25, 0.3) is 0 Å². The van der Waals surface area contributed by atoms with Crippen LogP contribution in [0.1, 0.15) is 19.4 Å². The normalized spacial score (nSPS) is 11.5. The summed E-state index contributed by atoms with van der Waals surface area (Å²) in [4.78, 5) is 0. The first-order valence-electron chi connectivity index (χ1n) is 8.80. The van der Waals surface area contributed by atoms with Crippen LogP contribution in [0, 0.1) is 0 Å². The van der Waals surface area contributed by atoms with Crippen LogP contribution in [0.3, 0.4) is 0 Å². The van der Waals surface area contributed by atoms with E-state index in [1.807, 2.05) is 36.4 Å². The lowest BCUT2D eigenvalue weighted by Gasteiger charge is -2.28. The van der Waals surface area contributed by atoms with Crippen LogP contribution in [0.25, 0.3) is 22.0 Å². The van der Waals surface area contributed by atoms with Crippen LogP contribution in [-0.4, -0.2) is 10.2 Å². The number of fused-ring (bicyclic) bond motifs is 1. The predicted molar refractivity (Wildman–Crippen MR) is 108 cm³/mol. The molecule has 1 N–H and O–H groups in total. The van der Waals surface area contributed by atoms with Crippen molar-refractivity contribution in [3.05, 3.63) is 90.5 Å². The Labute approximate surface area is 153 Å². The highest BCUT2D eigenvalue weighted by Gasteiger charge is 2.22. The molecule has 0 fully saturated rings. The number of nitrogens with zero attached hydrogens (tertiary/aromatic N) is 2. The fourth-order valence-corrected chi connectivity index (χ4v) is 3.23. The van der Waals surface area contributed by atoms with E-state index in [9.17, 15) is 0 Å². The summed E-state index contributed by atoms with van der Waals surface area (Å²) in [7, 11) is 0. The second kappa shape index (κ2) is 6.60. The van der Waals surface area contributed by atoms with Gasteiger partial charge in [-0.15, -0.1) is 10.2 Å². The standard InChI is InChI=1S/C23H21N3/c1-23(2,18-13-7-4-8-14-18)24-22-20-16-10-9-15-19(20)21(25-26-22)17-11-5-3-6-12-17/h3-16H,1-2H3,(H,24,26). The lowest BCUT2D eigenvalue weighted by atomic mass is 9.94. The highest BCUT2D eigenvalue weighted by Crippen LogP contribution is 2.32. The molecule has 1 aromatic heterocycles. The summed E-state index contributed by atoms with van der Waals surface area (Å²) in [5.74, 6) is 0.800. The van der Waals surface area contributed by atoms with Crippen LogP contribution in [0.15, 0.2) is 84.9 Å². The molecule has 0 atom stereocenters. The van der Waals surface area contributed by atoms with Crippen molar-refractivity contribution >= 4 is 16.6 Å². The summed E-state index contributed by atoms with van der Waals surface area (Å²) in [6.45, 7) is 4.31. The number of benzene rings is 3. The monoisotopic (exact) mass is 339 g/mol. The van der Waals surface area contributed by atoms with E-state index in [1.54, 1.807) is 0 Å². The van der Waals surface area contributed by atoms with Crippen molar-refractivity contribution in [2.24, 2.45) is 0 Å². The van der Waals surface area contributed by atoms with Crippen LogP contribution in [0.2, 0.25) is 0 Å². The Balaban J connectivity index is 1.81. The molecule has 3 heteroatoms. The van der Waals surface area contributed by atoms with Crippen molar-refractivity contribution in [2.75, 3.05) is 5.32 Å². The van der Waals surface area contributed by atoms with E-state index in [0.29, 0.717) is 0 Å². The number of rotatable bonds is 4. The van der Waals surface area contributed by atoms with Crippen LogP contribution in [0.4, 0.5) is 5.82 Å². The molecule has 0 bridgehead atoms. The predicted octanol–water partition coefficient (Wildman–Crippen LogP) is 5.64. The SMILES string of the molecule is CC(C)(Nc1nnc(-c2ccccc2)c2ccccc12)c1ccccc1. The molecule has 3 nitrogen and oxygen atoms in total. The van der Waals surface area contributed by atoms with Crippen LogP contribution >= 0.6 is 0 Å². The first kappa shape index (κ1) is 16.3. The molecule has 0 spiro atoms. The van der Waals surface area contributed by atoms with Crippen molar-refractivity contribution in [1.82, 2.24) is 10.2 Å². The van der Waals surface area contributed by atoms with E-state index in [2.05, 4.69) is 77.9 Å². The molecule has 26 heavy (non-hydrogen) atoms. The quantitative estimate of drug-likeness (QED) is 0.522. The van der Waals surface area contributed by atoms with E-state index in [0.717, 1.165) is 27.8 Å². The topological polar surface area (TPSA) is 37.8 Å². The van der Waals surface area contributed by atoms with Crippen LogP contribution in [0.5, 0.6) is 0 Å². The summed E-state index contributed by atoms with van der Waals surface area (Å²) in [5.41, 5.74) is 2.93. The Bertz CT molecular complexity index is 1020. The maximum atomic E-state index is 4.54. The van der Waals surface area contributed by atoms with E-state index in [-0.39, 0.29) is 5.54 Å².